The van der Waals surface area contributed by atoms with E-state index in [0.717, 1.165) is 41.4 Å². The SMILES string of the molecule is O=S(NCCCN1c2ccccc2CCc2cccc(Cl)c21)c1ccc(Cl)cc1. The average molecular weight is 445 g/mol. The van der Waals surface area contributed by atoms with Crippen molar-refractivity contribution in [2.75, 3.05) is 18.0 Å². The van der Waals surface area contributed by atoms with Crippen LogP contribution in [0.4, 0.5) is 11.4 Å². The van der Waals surface area contributed by atoms with E-state index in [1.165, 1.54) is 16.8 Å². The first-order valence-corrected chi connectivity index (χ1v) is 11.6. The van der Waals surface area contributed by atoms with Gasteiger partial charge in [-0.3, -0.25) is 0 Å². The first-order valence-electron chi connectivity index (χ1n) is 9.67. The third-order valence-corrected chi connectivity index (χ3v) is 6.83. The molecular formula is C23H22Cl2N2OS. The standard InChI is InChI=1S/C23H22Cl2N2OS/c24-19-11-13-20(14-12-19)29(28)26-15-4-16-27-22-8-2-1-5-17(22)9-10-18-6-3-7-21(25)23(18)27/h1-3,5-8,11-14,26H,4,9-10,15-16H2. The second-order valence-electron chi connectivity index (χ2n) is 7.00. The predicted octanol–water partition coefficient (Wildman–Crippen LogP) is 5.93. The fourth-order valence-corrected chi connectivity index (χ4v) is 5.02. The van der Waals surface area contributed by atoms with Crippen molar-refractivity contribution in [2.45, 2.75) is 24.2 Å². The monoisotopic (exact) mass is 444 g/mol. The highest BCUT2D eigenvalue weighted by molar-refractivity contribution is 7.83. The summed E-state index contributed by atoms with van der Waals surface area (Å²) >= 11 is 12.5. The van der Waals surface area contributed by atoms with Crippen molar-refractivity contribution in [3.05, 3.63) is 87.9 Å². The normalized spacial score (nSPS) is 14.1. The summed E-state index contributed by atoms with van der Waals surface area (Å²) in [5, 5.41) is 1.41. The number of hydrogen-bond donors (Lipinski definition) is 1. The van der Waals surface area contributed by atoms with Crippen molar-refractivity contribution in [2.24, 2.45) is 0 Å². The van der Waals surface area contributed by atoms with E-state index >= 15 is 0 Å². The quantitative estimate of drug-likeness (QED) is 0.477. The van der Waals surface area contributed by atoms with Gasteiger partial charge in [0.05, 0.1) is 15.6 Å². The lowest BCUT2D eigenvalue weighted by molar-refractivity contribution is 0.667. The Kier molecular flexibility index (Phi) is 6.56. The van der Waals surface area contributed by atoms with Gasteiger partial charge in [0.2, 0.25) is 0 Å². The first kappa shape index (κ1) is 20.4. The van der Waals surface area contributed by atoms with E-state index < -0.39 is 11.0 Å². The Bertz CT molecular complexity index is 1020. The van der Waals surface area contributed by atoms with Gasteiger partial charge in [0.15, 0.2) is 0 Å². The highest BCUT2D eigenvalue weighted by Gasteiger charge is 2.22. The highest BCUT2D eigenvalue weighted by Crippen LogP contribution is 2.40. The van der Waals surface area contributed by atoms with Crippen LogP contribution in [0.15, 0.2) is 71.6 Å². The molecule has 3 nitrogen and oxygen atoms in total. The summed E-state index contributed by atoms with van der Waals surface area (Å²) < 4.78 is 15.5. The van der Waals surface area contributed by atoms with Gasteiger partial charge < -0.3 is 4.90 Å². The molecule has 1 N–H and O–H groups in total. The number of fused-ring (bicyclic) bond motifs is 2. The predicted molar refractivity (Wildman–Crippen MR) is 123 cm³/mol. The Morgan fingerprint density at radius 3 is 2.45 bits per heavy atom. The number of nitrogens with one attached hydrogen (secondary N) is 1. The molecule has 1 aliphatic rings. The fourth-order valence-electron chi connectivity index (χ4n) is 3.72. The topological polar surface area (TPSA) is 32.3 Å². The molecule has 0 aromatic heterocycles. The molecule has 4 rings (SSSR count). The lowest BCUT2D eigenvalue weighted by Gasteiger charge is -2.28. The van der Waals surface area contributed by atoms with Gasteiger partial charge in [0.1, 0.15) is 11.0 Å². The van der Waals surface area contributed by atoms with E-state index in [4.69, 9.17) is 23.2 Å². The molecule has 0 saturated carbocycles. The largest absolute Gasteiger partial charge is 0.340 e. The van der Waals surface area contributed by atoms with Gasteiger partial charge in [0.25, 0.3) is 0 Å². The number of halogens is 2. The molecule has 6 heteroatoms. The molecule has 0 aliphatic carbocycles. The van der Waals surface area contributed by atoms with Gasteiger partial charge in [-0.1, -0.05) is 53.5 Å². The maximum Gasteiger partial charge on any atom is 0.124 e. The van der Waals surface area contributed by atoms with E-state index in [-0.39, 0.29) is 0 Å². The molecule has 3 aromatic rings. The smallest absolute Gasteiger partial charge is 0.124 e. The maximum absolute atomic E-state index is 12.4. The van der Waals surface area contributed by atoms with Crippen LogP contribution < -0.4 is 9.62 Å². The van der Waals surface area contributed by atoms with E-state index in [1.54, 1.807) is 24.3 Å². The molecule has 1 atom stereocenters. The van der Waals surface area contributed by atoms with Gasteiger partial charge in [-0.15, -0.1) is 0 Å². The van der Waals surface area contributed by atoms with Crippen LogP contribution in [-0.2, 0) is 23.8 Å². The molecule has 3 aromatic carbocycles. The number of hydrogen-bond acceptors (Lipinski definition) is 2. The molecule has 0 saturated heterocycles. The lowest BCUT2D eigenvalue weighted by Crippen LogP contribution is -2.25. The van der Waals surface area contributed by atoms with Crippen LogP contribution in [0, 0.1) is 0 Å². The Hall–Kier alpha value is -1.85. The van der Waals surface area contributed by atoms with Gasteiger partial charge in [-0.2, -0.15) is 0 Å². The van der Waals surface area contributed by atoms with Gasteiger partial charge in [0, 0.05) is 23.8 Å². The van der Waals surface area contributed by atoms with E-state index in [9.17, 15) is 4.21 Å². The van der Waals surface area contributed by atoms with Crippen LogP contribution in [0.2, 0.25) is 10.0 Å². The molecular weight excluding hydrogens is 423 g/mol. The average Bonchev–Trinajstić information content (AvgIpc) is 2.89. The number of nitrogens with zero attached hydrogens (tertiary/aromatic N) is 1. The number of para-hydroxylation sites is 2. The zero-order valence-electron chi connectivity index (χ0n) is 15.9. The number of anilines is 2. The van der Waals surface area contributed by atoms with Crippen molar-refractivity contribution in [3.8, 4) is 0 Å². The van der Waals surface area contributed by atoms with Crippen molar-refractivity contribution >= 4 is 45.6 Å². The Morgan fingerprint density at radius 2 is 1.62 bits per heavy atom. The summed E-state index contributed by atoms with van der Waals surface area (Å²) in [6.45, 7) is 1.42. The third-order valence-electron chi connectivity index (χ3n) is 5.11. The van der Waals surface area contributed by atoms with Gasteiger partial charge in [-0.05, 0) is 66.8 Å². The third kappa shape index (κ3) is 4.67. The molecule has 1 heterocycles. The summed E-state index contributed by atoms with van der Waals surface area (Å²) in [5.74, 6) is 0. The highest BCUT2D eigenvalue weighted by atomic mass is 35.5. The summed E-state index contributed by atoms with van der Waals surface area (Å²) in [5.41, 5.74) is 4.90. The zero-order chi connectivity index (χ0) is 20.2. The van der Waals surface area contributed by atoms with Crippen LogP contribution in [0.3, 0.4) is 0 Å². The minimum absolute atomic E-state index is 0.633. The van der Waals surface area contributed by atoms with Crippen LogP contribution in [0.5, 0.6) is 0 Å². The number of benzene rings is 3. The minimum atomic E-state index is -1.25. The van der Waals surface area contributed by atoms with E-state index in [1.807, 2.05) is 12.1 Å². The number of rotatable bonds is 6. The van der Waals surface area contributed by atoms with Crippen LogP contribution in [0.1, 0.15) is 17.5 Å². The summed E-state index contributed by atoms with van der Waals surface area (Å²) in [6.07, 6.45) is 2.80. The van der Waals surface area contributed by atoms with Crippen LogP contribution in [0.25, 0.3) is 0 Å². The molecule has 150 valence electrons. The Labute approximate surface area is 184 Å². The Balaban J connectivity index is 1.48. The van der Waals surface area contributed by atoms with Crippen molar-refractivity contribution in [1.29, 1.82) is 0 Å². The first-order chi connectivity index (χ1) is 14.1. The zero-order valence-corrected chi connectivity index (χ0v) is 18.2. The van der Waals surface area contributed by atoms with E-state index in [2.05, 4.69) is 40.0 Å². The molecule has 1 aliphatic heterocycles. The maximum atomic E-state index is 12.4. The van der Waals surface area contributed by atoms with Crippen molar-refractivity contribution in [3.63, 3.8) is 0 Å². The molecule has 0 radical (unpaired) electrons. The summed E-state index contributed by atoms with van der Waals surface area (Å²) in [6, 6.07) is 21.7. The minimum Gasteiger partial charge on any atom is -0.340 e. The second kappa shape index (κ2) is 9.31. The molecule has 1 unspecified atom stereocenters. The Morgan fingerprint density at radius 1 is 0.897 bits per heavy atom. The van der Waals surface area contributed by atoms with Gasteiger partial charge in [-0.25, -0.2) is 8.93 Å². The molecule has 0 spiro atoms. The molecule has 0 fully saturated rings. The van der Waals surface area contributed by atoms with E-state index in [0.29, 0.717) is 11.6 Å². The molecule has 0 bridgehead atoms. The molecule has 29 heavy (non-hydrogen) atoms. The number of aryl methyl sites for hydroxylation is 2. The van der Waals surface area contributed by atoms with Crippen LogP contribution in [-0.4, -0.2) is 17.3 Å². The van der Waals surface area contributed by atoms with Gasteiger partial charge >= 0.3 is 0 Å². The fraction of sp³-hybridized carbons (Fsp3) is 0.217. The lowest BCUT2D eigenvalue weighted by atomic mass is 10.0. The second-order valence-corrected chi connectivity index (χ2v) is 9.14. The van der Waals surface area contributed by atoms with Crippen LogP contribution >= 0.6 is 23.2 Å². The molecule has 0 amide bonds. The summed E-state index contributed by atoms with van der Waals surface area (Å²) in [4.78, 5) is 3.04. The summed E-state index contributed by atoms with van der Waals surface area (Å²) in [7, 11) is -1.25. The van der Waals surface area contributed by atoms with Crippen molar-refractivity contribution < 1.29 is 4.21 Å². The van der Waals surface area contributed by atoms with Crippen molar-refractivity contribution in [1.82, 2.24) is 4.72 Å².